The highest BCUT2D eigenvalue weighted by Crippen LogP contribution is 2.19. The topological polar surface area (TPSA) is 28.2 Å². The van der Waals surface area contributed by atoms with Crippen LogP contribution in [0.25, 0.3) is 0 Å². The summed E-state index contributed by atoms with van der Waals surface area (Å²) in [6, 6.07) is 10.5. The van der Waals surface area contributed by atoms with Crippen LogP contribution in [-0.2, 0) is 6.54 Å². The van der Waals surface area contributed by atoms with Crippen LogP contribution in [0.4, 0.5) is 11.4 Å². The summed E-state index contributed by atoms with van der Waals surface area (Å²) in [6.45, 7) is 3.85. The molecule has 100 valence electrons. The van der Waals surface area contributed by atoms with Gasteiger partial charge in [-0.05, 0) is 30.7 Å². The van der Waals surface area contributed by atoms with Crippen LogP contribution < -0.4 is 10.2 Å². The molecular weight excluding hydrogens is 302 g/mol. The van der Waals surface area contributed by atoms with Crippen LogP contribution in [-0.4, -0.2) is 18.6 Å². The van der Waals surface area contributed by atoms with Crippen LogP contribution in [0.2, 0.25) is 0 Å². The van der Waals surface area contributed by atoms with E-state index in [9.17, 15) is 0 Å². The van der Waals surface area contributed by atoms with Gasteiger partial charge in [0, 0.05) is 24.6 Å². The third kappa shape index (κ3) is 3.96. The van der Waals surface area contributed by atoms with Crippen molar-refractivity contribution in [3.05, 3.63) is 52.8 Å². The van der Waals surface area contributed by atoms with Crippen LogP contribution in [0.5, 0.6) is 0 Å². The molecule has 0 saturated heterocycles. The molecule has 0 fully saturated rings. The van der Waals surface area contributed by atoms with Gasteiger partial charge in [0.1, 0.15) is 0 Å². The molecule has 0 aliphatic heterocycles. The first-order valence-corrected chi connectivity index (χ1v) is 7.13. The van der Waals surface area contributed by atoms with Gasteiger partial charge in [0.05, 0.1) is 23.8 Å². The first kappa shape index (κ1) is 13.9. The van der Waals surface area contributed by atoms with Gasteiger partial charge in [0.2, 0.25) is 0 Å². The van der Waals surface area contributed by atoms with Crippen LogP contribution in [0, 0.1) is 0 Å². The first-order valence-electron chi connectivity index (χ1n) is 6.33. The lowest BCUT2D eigenvalue weighted by Gasteiger charge is -2.20. The molecule has 19 heavy (non-hydrogen) atoms. The zero-order chi connectivity index (χ0) is 13.7. The highest BCUT2D eigenvalue weighted by Gasteiger charge is 2.03. The Morgan fingerprint density at radius 1 is 1.21 bits per heavy atom. The number of hydrogen-bond donors (Lipinski definition) is 1. The molecule has 2 rings (SSSR count). The van der Waals surface area contributed by atoms with Gasteiger partial charge in [-0.15, -0.1) is 0 Å². The number of halogens is 1. The fourth-order valence-electron chi connectivity index (χ4n) is 1.89. The Morgan fingerprint density at radius 2 is 1.95 bits per heavy atom. The molecule has 0 radical (unpaired) electrons. The lowest BCUT2D eigenvalue weighted by atomic mass is 10.2. The van der Waals surface area contributed by atoms with Crippen molar-refractivity contribution in [1.29, 1.82) is 0 Å². The molecule has 0 bridgehead atoms. The van der Waals surface area contributed by atoms with E-state index < -0.39 is 0 Å². The maximum atomic E-state index is 4.27. The summed E-state index contributed by atoms with van der Waals surface area (Å²) in [6.07, 6.45) is 3.74. The normalized spacial score (nSPS) is 10.3. The van der Waals surface area contributed by atoms with Crippen molar-refractivity contribution in [2.24, 2.45) is 0 Å². The standard InChI is InChI=1S/C15H18BrN3/c1-3-18-14-8-15(10-17-9-14)19(2)11-12-4-6-13(16)7-5-12/h4-10,18H,3,11H2,1-2H3. The Morgan fingerprint density at radius 3 is 2.63 bits per heavy atom. The summed E-state index contributed by atoms with van der Waals surface area (Å²) in [5.74, 6) is 0. The van der Waals surface area contributed by atoms with E-state index in [1.54, 1.807) is 0 Å². The van der Waals surface area contributed by atoms with E-state index in [0.29, 0.717) is 0 Å². The maximum absolute atomic E-state index is 4.27. The Balaban J connectivity index is 2.08. The Hall–Kier alpha value is -1.55. The summed E-state index contributed by atoms with van der Waals surface area (Å²) in [7, 11) is 2.08. The van der Waals surface area contributed by atoms with Crippen LogP contribution >= 0.6 is 15.9 Å². The van der Waals surface area contributed by atoms with Crippen molar-refractivity contribution in [3.63, 3.8) is 0 Å². The van der Waals surface area contributed by atoms with E-state index in [4.69, 9.17) is 0 Å². The molecule has 1 aromatic heterocycles. The van der Waals surface area contributed by atoms with Crippen molar-refractivity contribution >= 4 is 27.3 Å². The number of anilines is 2. The highest BCUT2D eigenvalue weighted by molar-refractivity contribution is 9.10. The number of aromatic nitrogens is 1. The van der Waals surface area contributed by atoms with Gasteiger partial charge < -0.3 is 10.2 Å². The van der Waals surface area contributed by atoms with E-state index >= 15 is 0 Å². The predicted molar refractivity (Wildman–Crippen MR) is 84.6 cm³/mol. The Labute approximate surface area is 122 Å². The summed E-state index contributed by atoms with van der Waals surface area (Å²) in [5, 5.41) is 3.28. The van der Waals surface area contributed by atoms with Gasteiger partial charge in [0.15, 0.2) is 0 Å². The summed E-state index contributed by atoms with van der Waals surface area (Å²) < 4.78 is 1.11. The van der Waals surface area contributed by atoms with E-state index in [1.807, 2.05) is 12.4 Å². The monoisotopic (exact) mass is 319 g/mol. The largest absolute Gasteiger partial charge is 0.384 e. The zero-order valence-corrected chi connectivity index (χ0v) is 12.8. The van der Waals surface area contributed by atoms with Crippen LogP contribution in [0.15, 0.2) is 47.2 Å². The molecule has 0 unspecified atom stereocenters. The quantitative estimate of drug-likeness (QED) is 0.905. The average molecular weight is 320 g/mol. The molecule has 0 amide bonds. The van der Waals surface area contributed by atoms with Gasteiger partial charge in [-0.25, -0.2) is 0 Å². The highest BCUT2D eigenvalue weighted by atomic mass is 79.9. The van der Waals surface area contributed by atoms with Gasteiger partial charge in [-0.3, -0.25) is 4.98 Å². The number of benzene rings is 1. The molecule has 1 N–H and O–H groups in total. The number of hydrogen-bond acceptors (Lipinski definition) is 3. The maximum Gasteiger partial charge on any atom is 0.0573 e. The van der Waals surface area contributed by atoms with Crippen molar-refractivity contribution in [2.75, 3.05) is 23.8 Å². The summed E-state index contributed by atoms with van der Waals surface area (Å²) in [4.78, 5) is 6.46. The number of pyridine rings is 1. The second-order valence-electron chi connectivity index (χ2n) is 4.44. The van der Waals surface area contributed by atoms with Crippen LogP contribution in [0.1, 0.15) is 12.5 Å². The Bertz CT molecular complexity index is 525. The molecule has 0 saturated carbocycles. The van der Waals surface area contributed by atoms with Gasteiger partial charge in [-0.1, -0.05) is 28.1 Å². The third-order valence-corrected chi connectivity index (χ3v) is 3.41. The fraction of sp³-hybridized carbons (Fsp3) is 0.267. The smallest absolute Gasteiger partial charge is 0.0573 e. The lowest BCUT2D eigenvalue weighted by Crippen LogP contribution is -2.16. The van der Waals surface area contributed by atoms with E-state index in [1.165, 1.54) is 5.56 Å². The fourth-order valence-corrected chi connectivity index (χ4v) is 2.16. The van der Waals surface area contributed by atoms with E-state index in [-0.39, 0.29) is 0 Å². The van der Waals surface area contributed by atoms with E-state index in [0.717, 1.165) is 28.9 Å². The number of rotatable bonds is 5. The van der Waals surface area contributed by atoms with Gasteiger partial charge >= 0.3 is 0 Å². The SMILES string of the molecule is CCNc1cncc(N(C)Cc2ccc(Br)cc2)c1. The molecule has 0 aliphatic rings. The van der Waals surface area contributed by atoms with Crippen molar-refractivity contribution in [2.45, 2.75) is 13.5 Å². The zero-order valence-electron chi connectivity index (χ0n) is 11.2. The minimum Gasteiger partial charge on any atom is -0.384 e. The van der Waals surface area contributed by atoms with Crippen molar-refractivity contribution in [1.82, 2.24) is 4.98 Å². The van der Waals surface area contributed by atoms with Crippen LogP contribution in [0.3, 0.4) is 0 Å². The van der Waals surface area contributed by atoms with Gasteiger partial charge in [-0.2, -0.15) is 0 Å². The minimum absolute atomic E-state index is 0.866. The van der Waals surface area contributed by atoms with Crippen molar-refractivity contribution in [3.8, 4) is 0 Å². The molecule has 1 aromatic carbocycles. The van der Waals surface area contributed by atoms with Gasteiger partial charge in [0.25, 0.3) is 0 Å². The second-order valence-corrected chi connectivity index (χ2v) is 5.36. The molecule has 2 aromatic rings. The first-order chi connectivity index (χ1) is 9.19. The molecule has 0 aliphatic carbocycles. The lowest BCUT2D eigenvalue weighted by molar-refractivity contribution is 0.917. The summed E-state index contributed by atoms with van der Waals surface area (Å²) in [5.41, 5.74) is 3.45. The predicted octanol–water partition coefficient (Wildman–Crippen LogP) is 3.91. The third-order valence-electron chi connectivity index (χ3n) is 2.88. The summed E-state index contributed by atoms with van der Waals surface area (Å²) >= 11 is 3.45. The number of nitrogens with zero attached hydrogens (tertiary/aromatic N) is 2. The number of nitrogens with one attached hydrogen (secondary N) is 1. The Kier molecular flexibility index (Phi) is 4.80. The minimum atomic E-state index is 0.866. The molecule has 4 heteroatoms. The molecule has 3 nitrogen and oxygen atoms in total. The average Bonchev–Trinajstić information content (AvgIpc) is 2.42. The molecule has 1 heterocycles. The molecule has 0 spiro atoms. The molecular formula is C15H18BrN3. The van der Waals surface area contributed by atoms with E-state index in [2.05, 4.69) is 75.4 Å². The van der Waals surface area contributed by atoms with Crippen molar-refractivity contribution < 1.29 is 0 Å². The molecule has 0 atom stereocenters. The second kappa shape index (κ2) is 6.57.